The van der Waals surface area contributed by atoms with E-state index in [9.17, 15) is 4.79 Å². The lowest BCUT2D eigenvalue weighted by molar-refractivity contribution is -0.140. The molecule has 1 spiro atoms. The van der Waals surface area contributed by atoms with Crippen molar-refractivity contribution in [3.63, 3.8) is 0 Å². The van der Waals surface area contributed by atoms with Gasteiger partial charge >= 0.3 is 0 Å². The predicted octanol–water partition coefficient (Wildman–Crippen LogP) is 2.39. The summed E-state index contributed by atoms with van der Waals surface area (Å²) in [7, 11) is 0. The van der Waals surface area contributed by atoms with E-state index in [-0.39, 0.29) is 11.5 Å². The summed E-state index contributed by atoms with van der Waals surface area (Å²) in [5.41, 5.74) is 0.515. The summed E-state index contributed by atoms with van der Waals surface area (Å²) in [6.45, 7) is 3.70. The largest absolute Gasteiger partial charge is 0.381 e. The van der Waals surface area contributed by atoms with Crippen LogP contribution in [0.25, 0.3) is 0 Å². The number of carbonyl (C=O) groups is 1. The molecule has 1 amide bonds. The molecule has 5 nitrogen and oxygen atoms in total. The quantitative estimate of drug-likeness (QED) is 0.799. The molecule has 2 aliphatic heterocycles. The van der Waals surface area contributed by atoms with Gasteiger partial charge in [0.2, 0.25) is 0 Å². The Hall–Kier alpha value is -1.14. The van der Waals surface area contributed by atoms with Crippen LogP contribution < -0.4 is 10.6 Å². The Morgan fingerprint density at radius 3 is 2.79 bits per heavy atom. The lowest BCUT2D eigenvalue weighted by atomic mass is 9.84. The van der Waals surface area contributed by atoms with Gasteiger partial charge in [0.15, 0.2) is 0 Å². The van der Waals surface area contributed by atoms with Gasteiger partial charge in [0, 0.05) is 39.0 Å². The average Bonchev–Trinajstić information content (AvgIpc) is 2.60. The van der Waals surface area contributed by atoms with Crippen LogP contribution in [0.2, 0.25) is 5.02 Å². The van der Waals surface area contributed by atoms with Gasteiger partial charge in [-0.3, -0.25) is 4.79 Å². The number of hydrogen-bond donors (Lipinski definition) is 2. The SMILES string of the molecule is O=C(NCCNC1CCOC2(CCOCC2)C1)c1ccccc1Cl. The summed E-state index contributed by atoms with van der Waals surface area (Å²) in [5.74, 6) is -0.129. The standard InChI is InChI=1S/C18H25ClN2O3/c19-16-4-2-1-3-15(16)17(22)21-9-8-20-14-5-10-24-18(13-14)6-11-23-12-7-18/h1-4,14,20H,5-13H2,(H,21,22). The number of benzene rings is 1. The van der Waals surface area contributed by atoms with Gasteiger partial charge in [-0.2, -0.15) is 0 Å². The van der Waals surface area contributed by atoms with Crippen LogP contribution >= 0.6 is 11.6 Å². The first-order valence-corrected chi connectivity index (χ1v) is 9.04. The number of nitrogens with one attached hydrogen (secondary N) is 2. The molecule has 1 aromatic carbocycles. The van der Waals surface area contributed by atoms with Crippen LogP contribution in [0.1, 0.15) is 36.0 Å². The molecular weight excluding hydrogens is 328 g/mol. The second-order valence-electron chi connectivity index (χ2n) is 6.52. The summed E-state index contributed by atoms with van der Waals surface area (Å²) in [4.78, 5) is 12.1. The van der Waals surface area contributed by atoms with Crippen molar-refractivity contribution in [2.75, 3.05) is 32.9 Å². The molecule has 0 radical (unpaired) electrons. The Morgan fingerprint density at radius 1 is 1.21 bits per heavy atom. The summed E-state index contributed by atoms with van der Waals surface area (Å²) in [5, 5.41) is 6.94. The molecule has 0 saturated carbocycles. The highest BCUT2D eigenvalue weighted by molar-refractivity contribution is 6.33. The van der Waals surface area contributed by atoms with Crippen molar-refractivity contribution in [3.05, 3.63) is 34.9 Å². The number of carbonyl (C=O) groups excluding carboxylic acids is 1. The molecule has 6 heteroatoms. The molecule has 0 aliphatic carbocycles. The molecule has 2 saturated heterocycles. The molecular formula is C18H25ClN2O3. The number of hydrogen-bond acceptors (Lipinski definition) is 4. The molecule has 1 aromatic rings. The molecule has 0 aromatic heterocycles. The van der Waals surface area contributed by atoms with E-state index < -0.39 is 0 Å². The van der Waals surface area contributed by atoms with E-state index >= 15 is 0 Å². The Labute approximate surface area is 148 Å². The summed E-state index contributed by atoms with van der Waals surface area (Å²) >= 11 is 6.04. The summed E-state index contributed by atoms with van der Waals surface area (Å²) in [6, 6.07) is 7.53. The molecule has 132 valence electrons. The minimum atomic E-state index is -0.129. The van der Waals surface area contributed by atoms with Crippen molar-refractivity contribution >= 4 is 17.5 Å². The van der Waals surface area contributed by atoms with Gasteiger partial charge < -0.3 is 20.1 Å². The maximum absolute atomic E-state index is 12.1. The monoisotopic (exact) mass is 352 g/mol. The predicted molar refractivity (Wildman–Crippen MR) is 93.5 cm³/mol. The second kappa shape index (κ2) is 8.30. The molecule has 3 rings (SSSR count). The zero-order valence-corrected chi connectivity index (χ0v) is 14.6. The van der Waals surface area contributed by atoms with Gasteiger partial charge in [-0.05, 0) is 37.8 Å². The van der Waals surface area contributed by atoms with E-state index in [0.717, 1.165) is 52.0 Å². The molecule has 1 unspecified atom stereocenters. The molecule has 1 atom stereocenters. The average molecular weight is 353 g/mol. The first-order valence-electron chi connectivity index (χ1n) is 8.66. The Bertz CT molecular complexity index is 555. The minimum Gasteiger partial charge on any atom is -0.381 e. The van der Waals surface area contributed by atoms with Crippen LogP contribution in [0.5, 0.6) is 0 Å². The van der Waals surface area contributed by atoms with Crippen LogP contribution in [0.4, 0.5) is 0 Å². The number of ether oxygens (including phenoxy) is 2. The van der Waals surface area contributed by atoms with Crippen molar-refractivity contribution in [1.29, 1.82) is 0 Å². The maximum atomic E-state index is 12.1. The van der Waals surface area contributed by atoms with Gasteiger partial charge in [0.25, 0.3) is 5.91 Å². The minimum absolute atomic E-state index is 0.00498. The Kier molecular flexibility index (Phi) is 6.11. The number of rotatable bonds is 5. The van der Waals surface area contributed by atoms with Crippen LogP contribution in [-0.2, 0) is 9.47 Å². The summed E-state index contributed by atoms with van der Waals surface area (Å²) < 4.78 is 11.5. The molecule has 2 fully saturated rings. The van der Waals surface area contributed by atoms with Gasteiger partial charge in [-0.25, -0.2) is 0 Å². The van der Waals surface area contributed by atoms with Crippen LogP contribution in [0.15, 0.2) is 24.3 Å². The fraction of sp³-hybridized carbons (Fsp3) is 0.611. The van der Waals surface area contributed by atoms with Crippen molar-refractivity contribution in [2.24, 2.45) is 0 Å². The second-order valence-corrected chi connectivity index (χ2v) is 6.93. The third kappa shape index (κ3) is 4.48. The van der Waals surface area contributed by atoms with Gasteiger partial charge in [-0.15, -0.1) is 0 Å². The zero-order valence-electron chi connectivity index (χ0n) is 13.9. The Balaban J connectivity index is 1.40. The maximum Gasteiger partial charge on any atom is 0.252 e. The third-order valence-electron chi connectivity index (χ3n) is 4.86. The summed E-state index contributed by atoms with van der Waals surface area (Å²) in [6.07, 6.45) is 4.00. The van der Waals surface area contributed by atoms with E-state index in [2.05, 4.69) is 10.6 Å². The molecule has 2 N–H and O–H groups in total. The van der Waals surface area contributed by atoms with Gasteiger partial charge in [0.1, 0.15) is 0 Å². The molecule has 2 heterocycles. The van der Waals surface area contributed by atoms with E-state index in [1.54, 1.807) is 12.1 Å². The van der Waals surface area contributed by atoms with Crippen LogP contribution in [0.3, 0.4) is 0 Å². The van der Waals surface area contributed by atoms with Gasteiger partial charge in [-0.1, -0.05) is 23.7 Å². The van der Waals surface area contributed by atoms with Crippen molar-refractivity contribution in [2.45, 2.75) is 37.3 Å². The molecule has 2 aliphatic rings. The first kappa shape index (κ1) is 17.7. The van der Waals surface area contributed by atoms with Crippen LogP contribution in [-0.4, -0.2) is 50.5 Å². The highest BCUT2D eigenvalue weighted by Gasteiger charge is 2.38. The molecule has 24 heavy (non-hydrogen) atoms. The normalized spacial score (nSPS) is 23.1. The van der Waals surface area contributed by atoms with E-state index in [1.165, 1.54) is 0 Å². The fourth-order valence-corrected chi connectivity index (χ4v) is 3.71. The van der Waals surface area contributed by atoms with Crippen molar-refractivity contribution in [1.82, 2.24) is 10.6 Å². The van der Waals surface area contributed by atoms with Gasteiger partial charge in [0.05, 0.1) is 16.2 Å². The van der Waals surface area contributed by atoms with E-state index in [4.69, 9.17) is 21.1 Å². The van der Waals surface area contributed by atoms with E-state index in [1.807, 2.05) is 12.1 Å². The topological polar surface area (TPSA) is 59.6 Å². The smallest absolute Gasteiger partial charge is 0.252 e. The number of amides is 1. The third-order valence-corrected chi connectivity index (χ3v) is 5.19. The van der Waals surface area contributed by atoms with Crippen molar-refractivity contribution < 1.29 is 14.3 Å². The lowest BCUT2D eigenvalue weighted by Gasteiger charge is -2.43. The first-order chi connectivity index (χ1) is 11.7. The fourth-order valence-electron chi connectivity index (χ4n) is 3.49. The lowest BCUT2D eigenvalue weighted by Crippen LogP contribution is -2.50. The highest BCUT2D eigenvalue weighted by atomic mass is 35.5. The highest BCUT2D eigenvalue weighted by Crippen LogP contribution is 2.34. The number of halogens is 1. The Morgan fingerprint density at radius 2 is 2.00 bits per heavy atom. The van der Waals surface area contributed by atoms with E-state index in [0.29, 0.717) is 23.2 Å². The van der Waals surface area contributed by atoms with Crippen LogP contribution in [0, 0.1) is 0 Å². The molecule has 0 bridgehead atoms. The zero-order chi connectivity index (χ0) is 16.8. The van der Waals surface area contributed by atoms with Crippen molar-refractivity contribution in [3.8, 4) is 0 Å².